The first kappa shape index (κ1) is 16.7. The second kappa shape index (κ2) is 5.89. The van der Waals surface area contributed by atoms with E-state index in [-0.39, 0.29) is 17.2 Å². The number of hydrogen-bond donors (Lipinski definition) is 2. The van der Waals surface area contributed by atoms with Crippen molar-refractivity contribution < 1.29 is 22.5 Å². The van der Waals surface area contributed by atoms with Gasteiger partial charge in [-0.05, 0) is 42.4 Å². The highest BCUT2D eigenvalue weighted by Crippen LogP contribution is 2.35. The molecule has 0 bridgehead atoms. The largest absolute Gasteiger partial charge is 0.356 e. The van der Waals surface area contributed by atoms with Crippen molar-refractivity contribution in [2.45, 2.75) is 23.7 Å². The summed E-state index contributed by atoms with van der Waals surface area (Å²) >= 11 is 0. The summed E-state index contributed by atoms with van der Waals surface area (Å²) in [6, 6.07) is 8.16. The van der Waals surface area contributed by atoms with Gasteiger partial charge in [0, 0.05) is 6.42 Å². The van der Waals surface area contributed by atoms with Crippen LogP contribution in [0.3, 0.4) is 0 Å². The number of imide groups is 1. The molecule has 2 amide bonds. The maximum Gasteiger partial charge on any atom is 0.240 e. The third kappa shape index (κ3) is 2.56. The molecule has 1 aromatic heterocycles. The van der Waals surface area contributed by atoms with Crippen LogP contribution in [-0.4, -0.2) is 32.4 Å². The molecular weight excluding hydrogens is 358 g/mol. The standard InChI is InChI=1S/C17H15N3O5S/c1-18-26(23,24)10-3-4-11-9(8-10)2-6-13-15(11)16(20-25-13)12-5-7-14(21)19-17(12)22/h2-4,6,8,12,18H,5,7H2,1H3,(H,19,21,22)/t12-/m0/s1. The first-order chi connectivity index (χ1) is 12.4. The van der Waals surface area contributed by atoms with Crippen LogP contribution in [0.25, 0.3) is 21.7 Å². The monoisotopic (exact) mass is 373 g/mol. The second-order valence-corrected chi connectivity index (χ2v) is 7.99. The Labute approximate surface area is 148 Å². The zero-order valence-corrected chi connectivity index (χ0v) is 14.6. The number of hydrogen-bond acceptors (Lipinski definition) is 6. The summed E-state index contributed by atoms with van der Waals surface area (Å²) in [5, 5.41) is 8.45. The molecule has 1 aliphatic rings. The van der Waals surface area contributed by atoms with E-state index in [9.17, 15) is 18.0 Å². The predicted molar refractivity (Wildman–Crippen MR) is 92.9 cm³/mol. The number of nitrogens with one attached hydrogen (secondary N) is 2. The van der Waals surface area contributed by atoms with E-state index in [0.29, 0.717) is 28.5 Å². The minimum Gasteiger partial charge on any atom is -0.356 e. The van der Waals surface area contributed by atoms with Crippen molar-refractivity contribution in [1.29, 1.82) is 0 Å². The number of nitrogens with zero attached hydrogens (tertiary/aromatic N) is 1. The van der Waals surface area contributed by atoms with Crippen LogP contribution >= 0.6 is 0 Å². The van der Waals surface area contributed by atoms with Gasteiger partial charge < -0.3 is 4.52 Å². The Kier molecular flexibility index (Phi) is 3.78. The van der Waals surface area contributed by atoms with Crippen LogP contribution in [0.5, 0.6) is 0 Å². The lowest BCUT2D eigenvalue weighted by Crippen LogP contribution is -2.39. The summed E-state index contributed by atoms with van der Waals surface area (Å²) in [6.07, 6.45) is 0.592. The van der Waals surface area contributed by atoms with E-state index in [1.165, 1.54) is 13.1 Å². The molecule has 0 radical (unpaired) electrons. The van der Waals surface area contributed by atoms with Crippen LogP contribution in [0.2, 0.25) is 0 Å². The molecule has 1 saturated heterocycles. The van der Waals surface area contributed by atoms with Gasteiger partial charge in [0.15, 0.2) is 5.58 Å². The lowest BCUT2D eigenvalue weighted by molar-refractivity contribution is -0.134. The van der Waals surface area contributed by atoms with Crippen LogP contribution in [-0.2, 0) is 19.6 Å². The molecular formula is C17H15N3O5S. The quantitative estimate of drug-likeness (QED) is 0.670. The number of carbonyl (C=O) groups is 2. The Morgan fingerprint density at radius 2 is 2.04 bits per heavy atom. The van der Waals surface area contributed by atoms with Crippen molar-refractivity contribution in [3.63, 3.8) is 0 Å². The normalized spacial score (nSPS) is 18.4. The van der Waals surface area contributed by atoms with Gasteiger partial charge >= 0.3 is 0 Å². The van der Waals surface area contributed by atoms with Crippen LogP contribution < -0.4 is 10.0 Å². The van der Waals surface area contributed by atoms with Gasteiger partial charge in [-0.25, -0.2) is 13.1 Å². The maximum absolute atomic E-state index is 12.2. The Morgan fingerprint density at radius 3 is 2.77 bits per heavy atom. The third-order valence-electron chi connectivity index (χ3n) is 4.60. The van der Waals surface area contributed by atoms with E-state index >= 15 is 0 Å². The molecule has 2 N–H and O–H groups in total. The molecule has 1 fully saturated rings. The van der Waals surface area contributed by atoms with Crippen molar-refractivity contribution in [1.82, 2.24) is 15.2 Å². The summed E-state index contributed by atoms with van der Waals surface area (Å²) in [7, 11) is -2.21. The third-order valence-corrected chi connectivity index (χ3v) is 6.01. The topological polar surface area (TPSA) is 118 Å². The van der Waals surface area contributed by atoms with E-state index in [1.807, 2.05) is 0 Å². The molecule has 1 aliphatic heterocycles. The van der Waals surface area contributed by atoms with Gasteiger partial charge in [0.1, 0.15) is 5.69 Å². The van der Waals surface area contributed by atoms with Crippen molar-refractivity contribution in [2.75, 3.05) is 7.05 Å². The van der Waals surface area contributed by atoms with Gasteiger partial charge in [-0.15, -0.1) is 0 Å². The van der Waals surface area contributed by atoms with Gasteiger partial charge in [0.2, 0.25) is 21.8 Å². The molecule has 0 unspecified atom stereocenters. The average molecular weight is 373 g/mol. The van der Waals surface area contributed by atoms with Gasteiger partial charge in [-0.3, -0.25) is 14.9 Å². The molecule has 0 spiro atoms. The Balaban J connectivity index is 1.91. The highest BCUT2D eigenvalue weighted by molar-refractivity contribution is 7.89. The summed E-state index contributed by atoms with van der Waals surface area (Å²) in [5.74, 6) is -1.28. The van der Waals surface area contributed by atoms with Crippen LogP contribution in [0, 0.1) is 0 Å². The Morgan fingerprint density at radius 1 is 1.23 bits per heavy atom. The first-order valence-corrected chi connectivity index (χ1v) is 9.48. The Hall–Kier alpha value is -2.78. The highest BCUT2D eigenvalue weighted by Gasteiger charge is 2.32. The van der Waals surface area contributed by atoms with Crippen LogP contribution in [0.1, 0.15) is 24.5 Å². The first-order valence-electron chi connectivity index (χ1n) is 8.00. The molecule has 9 heteroatoms. The molecule has 2 aromatic carbocycles. The van der Waals surface area contributed by atoms with Gasteiger partial charge in [0.25, 0.3) is 0 Å². The summed E-state index contributed by atoms with van der Waals surface area (Å²) in [4.78, 5) is 23.7. The average Bonchev–Trinajstić information content (AvgIpc) is 3.05. The lowest BCUT2D eigenvalue weighted by Gasteiger charge is -2.19. The molecule has 1 atom stereocenters. The maximum atomic E-state index is 12.2. The molecule has 134 valence electrons. The van der Waals surface area contributed by atoms with Gasteiger partial charge in [0.05, 0.1) is 16.2 Å². The molecule has 2 heterocycles. The smallest absolute Gasteiger partial charge is 0.240 e. The summed E-state index contributed by atoms with van der Waals surface area (Å²) < 4.78 is 31.7. The van der Waals surface area contributed by atoms with E-state index < -0.39 is 21.8 Å². The van der Waals surface area contributed by atoms with E-state index in [2.05, 4.69) is 15.2 Å². The number of aromatic nitrogens is 1. The number of benzene rings is 2. The predicted octanol–water partition coefficient (Wildman–Crippen LogP) is 1.41. The molecule has 26 heavy (non-hydrogen) atoms. The van der Waals surface area contributed by atoms with Crippen molar-refractivity contribution in [2.24, 2.45) is 0 Å². The van der Waals surface area contributed by atoms with E-state index in [4.69, 9.17) is 4.52 Å². The fourth-order valence-corrected chi connectivity index (χ4v) is 4.01. The number of piperidine rings is 1. The molecule has 0 aliphatic carbocycles. The highest BCUT2D eigenvalue weighted by atomic mass is 32.2. The fraction of sp³-hybridized carbons (Fsp3) is 0.235. The van der Waals surface area contributed by atoms with Crippen molar-refractivity contribution >= 4 is 43.6 Å². The lowest BCUT2D eigenvalue weighted by atomic mass is 9.91. The second-order valence-electron chi connectivity index (χ2n) is 6.10. The zero-order chi connectivity index (χ0) is 18.5. The summed E-state index contributed by atoms with van der Waals surface area (Å²) in [6.45, 7) is 0. The number of fused-ring (bicyclic) bond motifs is 3. The number of sulfonamides is 1. The zero-order valence-electron chi connectivity index (χ0n) is 13.8. The van der Waals surface area contributed by atoms with Gasteiger partial charge in [-0.1, -0.05) is 17.3 Å². The van der Waals surface area contributed by atoms with E-state index in [0.717, 1.165) is 5.39 Å². The minimum absolute atomic E-state index is 0.144. The fourth-order valence-electron chi connectivity index (χ4n) is 3.25. The van der Waals surface area contributed by atoms with Gasteiger partial charge in [-0.2, -0.15) is 0 Å². The van der Waals surface area contributed by atoms with Crippen molar-refractivity contribution in [3.05, 3.63) is 36.0 Å². The number of rotatable bonds is 3. The molecule has 8 nitrogen and oxygen atoms in total. The molecule has 0 saturated carbocycles. The summed E-state index contributed by atoms with van der Waals surface area (Å²) in [5.41, 5.74) is 0.959. The van der Waals surface area contributed by atoms with Crippen molar-refractivity contribution in [3.8, 4) is 0 Å². The van der Waals surface area contributed by atoms with E-state index in [1.54, 1.807) is 24.3 Å². The Bertz CT molecular complexity index is 1170. The number of carbonyl (C=O) groups excluding carboxylic acids is 2. The van der Waals surface area contributed by atoms with Crippen LogP contribution in [0.15, 0.2) is 39.8 Å². The molecule has 3 aromatic rings. The molecule has 4 rings (SSSR count). The SMILES string of the molecule is CNS(=O)(=O)c1ccc2c(ccc3onc([C@@H]4CCC(=O)NC4=O)c32)c1. The van der Waals surface area contributed by atoms with Crippen LogP contribution in [0.4, 0.5) is 0 Å². The minimum atomic E-state index is -3.57. The number of amides is 2.